The summed E-state index contributed by atoms with van der Waals surface area (Å²) in [4.78, 5) is 23.1. The lowest BCUT2D eigenvalue weighted by Gasteiger charge is -2.35. The van der Waals surface area contributed by atoms with Crippen molar-refractivity contribution in [2.75, 3.05) is 11.9 Å². The lowest BCUT2D eigenvalue weighted by Crippen LogP contribution is -2.43. The van der Waals surface area contributed by atoms with Crippen molar-refractivity contribution in [2.45, 2.75) is 38.6 Å². The highest BCUT2D eigenvalue weighted by Crippen LogP contribution is 2.22. The Morgan fingerprint density at radius 3 is 2.84 bits per heavy atom. The van der Waals surface area contributed by atoms with Gasteiger partial charge in [-0.2, -0.15) is 5.26 Å². The summed E-state index contributed by atoms with van der Waals surface area (Å²) in [7, 11) is 0. The van der Waals surface area contributed by atoms with Crippen LogP contribution in [-0.2, 0) is 0 Å². The van der Waals surface area contributed by atoms with E-state index in [4.69, 9.17) is 5.26 Å². The number of nitriles is 1. The summed E-state index contributed by atoms with van der Waals surface area (Å²) in [6.45, 7) is 2.91. The van der Waals surface area contributed by atoms with Crippen molar-refractivity contribution in [1.82, 2.24) is 14.9 Å². The molecule has 1 aliphatic heterocycles. The Hall–Kier alpha value is -2.94. The van der Waals surface area contributed by atoms with Crippen molar-refractivity contribution < 1.29 is 4.79 Å². The third-order valence-electron chi connectivity index (χ3n) is 4.53. The molecule has 1 unspecified atom stereocenters. The van der Waals surface area contributed by atoms with Crippen molar-refractivity contribution in [3.63, 3.8) is 0 Å². The predicted molar refractivity (Wildman–Crippen MR) is 95.4 cm³/mol. The minimum absolute atomic E-state index is 0.0307. The predicted octanol–water partition coefficient (Wildman–Crippen LogP) is 3.50. The second kappa shape index (κ2) is 7.75. The second-order valence-electron chi connectivity index (χ2n) is 6.16. The standard InChI is InChI=1S/C19H21N5O/c1-2-16-5-3-4-10-24(16)19(25)17-11-18(22-13-21-17)23-15-8-6-14(12-20)7-9-15/h6-9,11,13,16H,2-5,10H2,1H3,(H,21,22,23). The van der Waals surface area contributed by atoms with Crippen LogP contribution >= 0.6 is 0 Å². The fraction of sp³-hybridized carbons (Fsp3) is 0.368. The lowest BCUT2D eigenvalue weighted by atomic mass is 9.99. The van der Waals surface area contributed by atoms with E-state index in [1.54, 1.807) is 30.3 Å². The summed E-state index contributed by atoms with van der Waals surface area (Å²) in [5, 5.41) is 12.0. The molecule has 25 heavy (non-hydrogen) atoms. The summed E-state index contributed by atoms with van der Waals surface area (Å²) in [6, 6.07) is 11.1. The first-order valence-electron chi connectivity index (χ1n) is 8.61. The average Bonchev–Trinajstić information content (AvgIpc) is 2.68. The number of carbonyl (C=O) groups excluding carboxylic acids is 1. The van der Waals surface area contributed by atoms with Crippen LogP contribution in [0, 0.1) is 11.3 Å². The van der Waals surface area contributed by atoms with Crippen molar-refractivity contribution in [3.05, 3.63) is 47.9 Å². The third kappa shape index (κ3) is 3.94. The molecule has 0 spiro atoms. The molecule has 1 aromatic carbocycles. The normalized spacial score (nSPS) is 17.0. The maximum absolute atomic E-state index is 12.8. The number of piperidine rings is 1. The molecule has 128 valence electrons. The molecule has 2 heterocycles. The number of likely N-dealkylation sites (tertiary alicyclic amines) is 1. The highest BCUT2D eigenvalue weighted by molar-refractivity contribution is 5.93. The molecular weight excluding hydrogens is 314 g/mol. The number of hydrogen-bond donors (Lipinski definition) is 1. The molecule has 1 fully saturated rings. The van der Waals surface area contributed by atoms with E-state index in [1.807, 2.05) is 4.90 Å². The Labute approximate surface area is 147 Å². The number of hydrogen-bond acceptors (Lipinski definition) is 5. The molecule has 3 rings (SSSR count). The maximum atomic E-state index is 12.8. The monoisotopic (exact) mass is 335 g/mol. The average molecular weight is 335 g/mol. The fourth-order valence-electron chi connectivity index (χ4n) is 3.16. The zero-order valence-electron chi connectivity index (χ0n) is 14.3. The van der Waals surface area contributed by atoms with E-state index in [0.29, 0.717) is 23.1 Å². The topological polar surface area (TPSA) is 81.9 Å². The third-order valence-corrected chi connectivity index (χ3v) is 4.53. The lowest BCUT2D eigenvalue weighted by molar-refractivity contribution is 0.0602. The van der Waals surface area contributed by atoms with E-state index in [2.05, 4.69) is 28.3 Å². The smallest absolute Gasteiger partial charge is 0.272 e. The first kappa shape index (κ1) is 16.9. The Balaban J connectivity index is 1.76. The van der Waals surface area contributed by atoms with Crippen LogP contribution in [0.5, 0.6) is 0 Å². The van der Waals surface area contributed by atoms with Crippen molar-refractivity contribution in [2.24, 2.45) is 0 Å². The second-order valence-corrected chi connectivity index (χ2v) is 6.16. The van der Waals surface area contributed by atoms with Gasteiger partial charge in [-0.25, -0.2) is 9.97 Å². The maximum Gasteiger partial charge on any atom is 0.272 e. The van der Waals surface area contributed by atoms with Crippen LogP contribution in [0.3, 0.4) is 0 Å². The Kier molecular flexibility index (Phi) is 5.24. The summed E-state index contributed by atoms with van der Waals surface area (Å²) in [5.41, 5.74) is 1.81. The highest BCUT2D eigenvalue weighted by Gasteiger charge is 2.27. The van der Waals surface area contributed by atoms with Gasteiger partial charge in [0.05, 0.1) is 11.6 Å². The van der Waals surface area contributed by atoms with E-state index in [9.17, 15) is 4.79 Å². The van der Waals surface area contributed by atoms with Gasteiger partial charge in [0.25, 0.3) is 5.91 Å². The Morgan fingerprint density at radius 1 is 1.32 bits per heavy atom. The number of amides is 1. The molecule has 0 aliphatic carbocycles. The quantitative estimate of drug-likeness (QED) is 0.925. The first-order chi connectivity index (χ1) is 12.2. The number of rotatable bonds is 4. The molecule has 0 radical (unpaired) electrons. The van der Waals surface area contributed by atoms with Crippen LogP contribution < -0.4 is 5.32 Å². The van der Waals surface area contributed by atoms with Gasteiger partial charge < -0.3 is 10.2 Å². The first-order valence-corrected chi connectivity index (χ1v) is 8.61. The van der Waals surface area contributed by atoms with Gasteiger partial charge in [0.2, 0.25) is 0 Å². The summed E-state index contributed by atoms with van der Waals surface area (Å²) in [6.07, 6.45) is 5.65. The van der Waals surface area contributed by atoms with E-state index in [1.165, 1.54) is 12.7 Å². The molecule has 1 N–H and O–H groups in total. The van der Waals surface area contributed by atoms with Gasteiger partial charge in [-0.15, -0.1) is 0 Å². The van der Waals surface area contributed by atoms with E-state index < -0.39 is 0 Å². The molecule has 1 amide bonds. The molecule has 1 saturated heterocycles. The van der Waals surface area contributed by atoms with Gasteiger partial charge in [0.15, 0.2) is 0 Å². The molecule has 1 aromatic heterocycles. The fourth-order valence-corrected chi connectivity index (χ4v) is 3.16. The zero-order valence-corrected chi connectivity index (χ0v) is 14.3. The van der Waals surface area contributed by atoms with Crippen LogP contribution in [0.4, 0.5) is 11.5 Å². The van der Waals surface area contributed by atoms with Gasteiger partial charge in [-0.05, 0) is 49.9 Å². The van der Waals surface area contributed by atoms with Crippen molar-refractivity contribution in [1.29, 1.82) is 5.26 Å². The summed E-state index contributed by atoms with van der Waals surface area (Å²) >= 11 is 0. The molecule has 1 atom stereocenters. The minimum Gasteiger partial charge on any atom is -0.340 e. The van der Waals surface area contributed by atoms with Crippen LogP contribution in [0.2, 0.25) is 0 Å². The van der Waals surface area contributed by atoms with Crippen LogP contribution in [0.15, 0.2) is 36.7 Å². The van der Waals surface area contributed by atoms with Crippen LogP contribution in [-0.4, -0.2) is 33.4 Å². The number of anilines is 2. The van der Waals surface area contributed by atoms with Gasteiger partial charge in [0, 0.05) is 24.3 Å². The van der Waals surface area contributed by atoms with Crippen molar-refractivity contribution in [3.8, 4) is 6.07 Å². The van der Waals surface area contributed by atoms with Gasteiger partial charge in [-0.3, -0.25) is 4.79 Å². The van der Waals surface area contributed by atoms with E-state index in [-0.39, 0.29) is 5.91 Å². The summed E-state index contributed by atoms with van der Waals surface area (Å²) < 4.78 is 0. The SMILES string of the molecule is CCC1CCCCN1C(=O)c1cc(Nc2ccc(C#N)cc2)ncn1. The number of nitrogens with zero attached hydrogens (tertiary/aromatic N) is 4. The van der Waals surface area contributed by atoms with Gasteiger partial charge >= 0.3 is 0 Å². The van der Waals surface area contributed by atoms with Gasteiger partial charge in [0.1, 0.15) is 17.8 Å². The van der Waals surface area contributed by atoms with Gasteiger partial charge in [-0.1, -0.05) is 6.92 Å². The highest BCUT2D eigenvalue weighted by atomic mass is 16.2. The Bertz CT molecular complexity index is 781. The molecule has 6 heteroatoms. The molecule has 2 aromatic rings. The molecular formula is C19H21N5O. The van der Waals surface area contributed by atoms with E-state index >= 15 is 0 Å². The molecule has 0 bridgehead atoms. The van der Waals surface area contributed by atoms with Crippen LogP contribution in [0.1, 0.15) is 48.7 Å². The molecule has 0 saturated carbocycles. The molecule has 6 nitrogen and oxygen atoms in total. The number of aromatic nitrogens is 2. The minimum atomic E-state index is -0.0307. The summed E-state index contributed by atoms with van der Waals surface area (Å²) in [5.74, 6) is 0.532. The van der Waals surface area contributed by atoms with Crippen molar-refractivity contribution >= 4 is 17.4 Å². The Morgan fingerprint density at radius 2 is 2.12 bits per heavy atom. The number of benzene rings is 1. The number of nitrogens with one attached hydrogen (secondary N) is 1. The largest absolute Gasteiger partial charge is 0.340 e. The zero-order chi connectivity index (χ0) is 17.6. The molecule has 1 aliphatic rings. The van der Waals surface area contributed by atoms with Crippen LogP contribution in [0.25, 0.3) is 0 Å². The van der Waals surface area contributed by atoms with E-state index in [0.717, 1.165) is 31.5 Å². The number of carbonyl (C=O) groups is 1.